The summed E-state index contributed by atoms with van der Waals surface area (Å²) < 4.78 is 31.4. The fourth-order valence-electron chi connectivity index (χ4n) is 12.3. The molecule has 1 saturated heterocycles. The highest BCUT2D eigenvalue weighted by Crippen LogP contribution is 2.25. The van der Waals surface area contributed by atoms with E-state index in [0.717, 1.165) is 6.07 Å². The standard InChI is InChI=1S/C67H82F2N18O13/c68-40-15-19-47-45(27-40)38(31-73-47)25-51-62(95)80-52(26-39-32-74-48-20-16-41(69)28-46(39)48)63(96)82-54(30-59(91)92)65(98)81-53(29-43-33-72-36-76-43)64(97)83-55(24-37-13-17-44(88)18-14-37)67(100)87-23-7-11-56(87)66(99)79-49(60(71)93)10-6-8-42-35-86(85-84-42)22-5-1-2-12-57(89)77-50(9-3-4-21-70)61(94)75-34-58(90)78-51/h13-20,27-28,31-33,35-36,49-56,73-74,88H,1-12,21-26,29-30,34,70H2,(H2,71,93)(H,72,76)(H,75,94)(H,77,89)(H,78,90)(H,79,99)(H,80,95)(H,81,98)(H,82,96)(H,83,97)(H,91,92)/t49-,50-,51-,52-,53-,54-,55-,56-/m0/s1. The van der Waals surface area contributed by atoms with Gasteiger partial charge in [-0.3, -0.25) is 57.4 Å². The molecule has 4 aromatic heterocycles. The topological polar surface area (TPSA) is 471 Å². The van der Waals surface area contributed by atoms with Gasteiger partial charge in [0.25, 0.3) is 0 Å². The van der Waals surface area contributed by atoms with Crippen LogP contribution in [-0.4, -0.2) is 183 Å². The Morgan fingerprint density at radius 3 is 1.85 bits per heavy atom. The summed E-state index contributed by atoms with van der Waals surface area (Å²) in [6.45, 7) is 0.0328. The molecule has 0 saturated carbocycles. The number of amides is 10. The van der Waals surface area contributed by atoms with Gasteiger partial charge in [-0.05, 0) is 136 Å². The van der Waals surface area contributed by atoms with Crippen LogP contribution in [0.25, 0.3) is 21.8 Å². The van der Waals surface area contributed by atoms with Gasteiger partial charge in [0.05, 0.1) is 25.0 Å². The minimum Gasteiger partial charge on any atom is -0.508 e. The highest BCUT2D eigenvalue weighted by Gasteiger charge is 2.41. The number of hydrogen-bond acceptors (Lipinski definition) is 16. The number of nitrogens with two attached hydrogens (primary N) is 2. The maximum absolute atomic E-state index is 15.0. The number of imidazole rings is 1. The van der Waals surface area contributed by atoms with E-state index in [1.165, 1.54) is 84.4 Å². The first-order chi connectivity index (χ1) is 48.1. The van der Waals surface area contributed by atoms with Gasteiger partial charge in [-0.2, -0.15) is 0 Å². The monoisotopic (exact) mass is 1380 g/mol. The van der Waals surface area contributed by atoms with E-state index in [1.807, 2.05) is 0 Å². The zero-order valence-electron chi connectivity index (χ0n) is 54.7. The number of benzene rings is 3. The molecule has 33 heteroatoms. The molecule has 0 unspecified atom stereocenters. The van der Waals surface area contributed by atoms with Crippen LogP contribution in [-0.2, 0) is 91.4 Å². The summed E-state index contributed by atoms with van der Waals surface area (Å²) in [5.74, 6) is -12.0. The largest absolute Gasteiger partial charge is 0.508 e. The highest BCUT2D eigenvalue weighted by molar-refractivity contribution is 6.00. The molecule has 1 fully saturated rings. The Labute approximate surface area is 571 Å². The number of H-pyrrole nitrogens is 3. The molecule has 532 valence electrons. The third-order valence-corrected chi connectivity index (χ3v) is 17.5. The maximum Gasteiger partial charge on any atom is 0.305 e. The van der Waals surface area contributed by atoms with Crippen LogP contribution >= 0.6 is 0 Å². The Morgan fingerprint density at radius 1 is 0.600 bits per heavy atom. The third-order valence-electron chi connectivity index (χ3n) is 17.5. The molecule has 3 aromatic carbocycles. The van der Waals surface area contributed by atoms with E-state index in [0.29, 0.717) is 97.7 Å². The second-order valence-corrected chi connectivity index (χ2v) is 25.0. The lowest BCUT2D eigenvalue weighted by Gasteiger charge is -2.31. The summed E-state index contributed by atoms with van der Waals surface area (Å²) in [5, 5.41) is 50.4. The van der Waals surface area contributed by atoms with Gasteiger partial charge in [0.15, 0.2) is 0 Å². The van der Waals surface area contributed by atoms with E-state index < -0.39 is 144 Å². The molecule has 0 aliphatic carbocycles. The average Bonchev–Trinajstić information content (AvgIpc) is 1.63. The van der Waals surface area contributed by atoms with Crippen LogP contribution in [0.1, 0.15) is 105 Å². The van der Waals surface area contributed by atoms with E-state index >= 15 is 9.59 Å². The van der Waals surface area contributed by atoms with Crippen LogP contribution in [0, 0.1) is 11.6 Å². The van der Waals surface area contributed by atoms with Crippen molar-refractivity contribution in [3.8, 4) is 5.75 Å². The average molecular weight is 1390 g/mol. The van der Waals surface area contributed by atoms with Gasteiger partial charge in [0.1, 0.15) is 65.7 Å². The Hall–Kier alpha value is -11.1. The number of unbranched alkanes of at least 4 members (excludes halogenated alkanes) is 1. The number of aliphatic carboxylic acids is 1. The molecule has 0 radical (unpaired) electrons. The van der Waals surface area contributed by atoms with Gasteiger partial charge in [-0.25, -0.2) is 13.8 Å². The number of carbonyl (C=O) groups is 11. The first-order valence-electron chi connectivity index (χ1n) is 33.1. The number of carboxylic acids is 1. The van der Waals surface area contributed by atoms with Crippen molar-refractivity contribution in [3.05, 3.63) is 131 Å². The van der Waals surface area contributed by atoms with Gasteiger partial charge in [0, 0.05) is 97.5 Å². The fourth-order valence-corrected chi connectivity index (χ4v) is 12.3. The quantitative estimate of drug-likeness (QED) is 0.0618. The number of aryl methyl sites for hydroxylation is 2. The fraction of sp³-hybridized carbons (Fsp3) is 0.433. The third kappa shape index (κ3) is 20.5. The number of primary amides is 1. The van der Waals surface area contributed by atoms with Gasteiger partial charge >= 0.3 is 5.97 Å². The normalized spacial score (nSPS) is 22.2. The smallest absolute Gasteiger partial charge is 0.305 e. The minimum atomic E-state index is -2.05. The number of nitrogens with zero attached hydrogens (tertiary/aromatic N) is 5. The predicted molar refractivity (Wildman–Crippen MR) is 355 cm³/mol. The molecule has 0 spiro atoms. The van der Waals surface area contributed by atoms with Crippen molar-refractivity contribution in [1.29, 1.82) is 0 Å². The van der Waals surface area contributed by atoms with Crippen LogP contribution in [0.5, 0.6) is 5.75 Å². The molecule has 2 aliphatic rings. The highest BCUT2D eigenvalue weighted by atomic mass is 19.1. The number of aromatic hydroxyl groups is 1. The molecular formula is C67H82F2N18O13. The van der Waals surface area contributed by atoms with Gasteiger partial charge < -0.3 is 84.1 Å². The van der Waals surface area contributed by atoms with Crippen molar-refractivity contribution in [2.45, 2.75) is 164 Å². The van der Waals surface area contributed by atoms with E-state index in [-0.39, 0.29) is 73.9 Å². The van der Waals surface area contributed by atoms with Crippen molar-refractivity contribution >= 4 is 86.8 Å². The number of fused-ring (bicyclic) bond motifs is 5. The predicted octanol–water partition coefficient (Wildman–Crippen LogP) is 0.405. The molecule has 2 aliphatic heterocycles. The number of aromatic amines is 3. The van der Waals surface area contributed by atoms with Crippen LogP contribution < -0.4 is 54.0 Å². The lowest BCUT2D eigenvalue weighted by atomic mass is 10.0. The zero-order valence-corrected chi connectivity index (χ0v) is 54.7. The number of hydrogen-bond donors (Lipinski definition) is 15. The molecule has 17 N–H and O–H groups in total. The van der Waals surface area contributed by atoms with Gasteiger partial charge in [-0.15, -0.1) is 5.10 Å². The number of carboxylic acid groups (broad SMARTS) is 1. The number of aromatic nitrogens is 7. The molecule has 6 heterocycles. The Balaban J connectivity index is 1.04. The SMILES string of the molecule is NCCCC[C@@H]1NC(=O)CCCCCn2cc(nn2)CCC[C@@H](C(N)=O)NC(=O)[C@@H]2CCCN2C(=O)[C@H](Cc2ccc(O)cc2)NC(=O)[C@H](Cc2cnc[nH]2)NC(=O)[C@H](CC(=O)O)NC(=O)[C@H](Cc2c[nH]c3ccc(F)cc23)NC(=O)[C@H](Cc2c[nH]c3ccc(F)cc23)NC(=O)CNC1=O. The molecule has 7 aromatic rings. The first-order valence-corrected chi connectivity index (χ1v) is 33.1. The lowest BCUT2D eigenvalue weighted by molar-refractivity contribution is -0.143. The van der Waals surface area contributed by atoms with Crippen molar-refractivity contribution in [1.82, 2.24) is 82.4 Å². The van der Waals surface area contributed by atoms with E-state index in [1.54, 1.807) is 10.9 Å². The number of phenols is 1. The van der Waals surface area contributed by atoms with Crippen molar-refractivity contribution in [3.63, 3.8) is 0 Å². The molecule has 100 heavy (non-hydrogen) atoms. The molecular weight excluding hydrogens is 1300 g/mol. The Morgan fingerprint density at radius 2 is 1.22 bits per heavy atom. The number of rotatable bonds is 15. The molecule has 2 bridgehead atoms. The second kappa shape index (κ2) is 34.9. The number of carbonyl (C=O) groups excluding carboxylic acids is 10. The van der Waals surface area contributed by atoms with Crippen molar-refractivity contribution in [2.24, 2.45) is 11.5 Å². The summed E-state index contributed by atoms with van der Waals surface area (Å²) in [4.78, 5) is 170. The van der Waals surface area contributed by atoms with E-state index in [2.05, 4.69) is 72.8 Å². The van der Waals surface area contributed by atoms with Crippen molar-refractivity contribution in [2.75, 3.05) is 19.6 Å². The summed E-state index contributed by atoms with van der Waals surface area (Å²) in [6.07, 6.45) is 8.63. The summed E-state index contributed by atoms with van der Waals surface area (Å²) in [5.41, 5.74) is 14.3. The number of halogens is 2. The Kier molecular flexibility index (Phi) is 25.5. The number of nitrogens with one attached hydrogen (secondary N) is 11. The Bertz CT molecular complexity index is 4070. The first kappa shape index (κ1) is 73.1. The van der Waals surface area contributed by atoms with Crippen LogP contribution in [0.3, 0.4) is 0 Å². The lowest BCUT2D eigenvalue weighted by Crippen LogP contribution is -2.61. The second-order valence-electron chi connectivity index (χ2n) is 25.0. The molecule has 31 nitrogen and oxygen atoms in total. The molecule has 8 atom stereocenters. The molecule has 10 amide bonds. The number of phenolic OH excluding ortho intramolecular Hbond substituents is 1. The van der Waals surface area contributed by atoms with Crippen molar-refractivity contribution < 1.29 is 71.7 Å². The zero-order chi connectivity index (χ0) is 71.4. The van der Waals surface area contributed by atoms with Gasteiger partial charge in [-0.1, -0.05) is 23.8 Å². The summed E-state index contributed by atoms with van der Waals surface area (Å²) in [6, 6.07) is 1.21. The van der Waals surface area contributed by atoms with E-state index in [4.69, 9.17) is 11.5 Å². The van der Waals surface area contributed by atoms with Crippen LogP contribution in [0.15, 0.2) is 91.8 Å². The van der Waals surface area contributed by atoms with Crippen LogP contribution in [0.2, 0.25) is 0 Å². The molecule has 9 rings (SSSR count). The van der Waals surface area contributed by atoms with E-state index in [9.17, 15) is 62.1 Å². The van der Waals surface area contributed by atoms with Gasteiger partial charge in [0.2, 0.25) is 59.1 Å². The minimum absolute atomic E-state index is 0.0330. The maximum atomic E-state index is 15.0. The van der Waals surface area contributed by atoms with Crippen LogP contribution in [0.4, 0.5) is 8.78 Å². The summed E-state index contributed by atoms with van der Waals surface area (Å²) >= 11 is 0. The summed E-state index contributed by atoms with van der Waals surface area (Å²) in [7, 11) is 0.